The van der Waals surface area contributed by atoms with E-state index < -0.39 is 38.4 Å². The quantitative estimate of drug-likeness (QED) is 0.572. The van der Waals surface area contributed by atoms with Gasteiger partial charge >= 0.3 is 5.97 Å². The number of nitrogens with zero attached hydrogens (tertiary/aromatic N) is 1. The van der Waals surface area contributed by atoms with Crippen LogP contribution in [-0.2, 0) is 19.4 Å². The predicted octanol–water partition coefficient (Wildman–Crippen LogP) is 4.11. The van der Waals surface area contributed by atoms with Crippen LogP contribution in [0.1, 0.15) is 27.5 Å². The number of hydrogen-bond donors (Lipinski definition) is 1. The van der Waals surface area contributed by atoms with Crippen molar-refractivity contribution >= 4 is 27.4 Å². The fourth-order valence-electron chi connectivity index (χ4n) is 3.78. The van der Waals surface area contributed by atoms with Gasteiger partial charge in [-0.2, -0.15) is 0 Å². The number of rotatable bonds is 5. The van der Waals surface area contributed by atoms with E-state index in [1.165, 1.54) is 36.3 Å². The van der Waals surface area contributed by atoms with Gasteiger partial charge in [-0.1, -0.05) is 48.0 Å². The summed E-state index contributed by atoms with van der Waals surface area (Å²) in [6.45, 7) is 1.89. The van der Waals surface area contributed by atoms with Crippen LogP contribution in [0.3, 0.4) is 0 Å². The summed E-state index contributed by atoms with van der Waals surface area (Å²) in [5, 5.41) is 10.8. The molecule has 0 saturated carbocycles. The largest absolute Gasteiger partial charge is 0.502 e. The number of aliphatic hydroxyl groups excluding tert-OH is 1. The van der Waals surface area contributed by atoms with E-state index >= 15 is 0 Å². The van der Waals surface area contributed by atoms with Gasteiger partial charge in [0.25, 0.3) is 5.91 Å². The van der Waals surface area contributed by atoms with Gasteiger partial charge in [0.1, 0.15) is 10.9 Å². The lowest BCUT2D eigenvalue weighted by Gasteiger charge is -2.27. The van der Waals surface area contributed by atoms with Crippen LogP contribution in [0, 0.1) is 6.92 Å². The van der Waals surface area contributed by atoms with Crippen molar-refractivity contribution in [3.63, 3.8) is 0 Å². The number of benzene rings is 3. The minimum absolute atomic E-state index is 0.0405. The SMILES string of the molecule is COC(=O)c1ccc(C2C(S(=O)(=O)c3ccccc3)=C(O)C(=O)N2c2ccc(C)cc2)cc1. The van der Waals surface area contributed by atoms with Crippen molar-refractivity contribution in [1.29, 1.82) is 0 Å². The van der Waals surface area contributed by atoms with Crippen molar-refractivity contribution in [3.8, 4) is 0 Å². The second-order valence-corrected chi connectivity index (χ2v) is 9.47. The van der Waals surface area contributed by atoms with Crippen LogP contribution in [0.2, 0.25) is 0 Å². The number of anilines is 1. The summed E-state index contributed by atoms with van der Waals surface area (Å²) in [5.41, 5.74) is 2.07. The molecule has 1 unspecified atom stereocenters. The van der Waals surface area contributed by atoms with Crippen molar-refractivity contribution in [2.24, 2.45) is 0 Å². The molecule has 0 saturated heterocycles. The molecule has 0 aliphatic carbocycles. The zero-order valence-corrected chi connectivity index (χ0v) is 18.7. The molecule has 33 heavy (non-hydrogen) atoms. The number of ether oxygens (including phenoxy) is 1. The van der Waals surface area contributed by atoms with E-state index in [2.05, 4.69) is 0 Å². The molecule has 1 heterocycles. The van der Waals surface area contributed by atoms with Crippen molar-refractivity contribution in [2.45, 2.75) is 17.9 Å². The number of hydrogen-bond acceptors (Lipinski definition) is 6. The fraction of sp³-hybridized carbons (Fsp3) is 0.120. The number of sulfone groups is 1. The summed E-state index contributed by atoms with van der Waals surface area (Å²) in [7, 11) is -2.96. The molecule has 1 atom stereocenters. The van der Waals surface area contributed by atoms with E-state index in [9.17, 15) is 23.1 Å². The maximum Gasteiger partial charge on any atom is 0.337 e. The van der Waals surface area contributed by atoms with Gasteiger partial charge in [0.15, 0.2) is 5.76 Å². The molecule has 1 N–H and O–H groups in total. The molecular weight excluding hydrogens is 442 g/mol. The average molecular weight is 464 g/mol. The number of aryl methyl sites for hydroxylation is 1. The summed E-state index contributed by atoms with van der Waals surface area (Å²) in [6.07, 6.45) is 0. The molecule has 7 nitrogen and oxygen atoms in total. The Morgan fingerprint density at radius 2 is 1.55 bits per heavy atom. The highest BCUT2D eigenvalue weighted by molar-refractivity contribution is 7.95. The Hall–Kier alpha value is -3.91. The Morgan fingerprint density at radius 1 is 0.939 bits per heavy atom. The Bertz CT molecular complexity index is 1340. The molecule has 168 valence electrons. The molecule has 1 aliphatic rings. The lowest BCUT2D eigenvalue weighted by molar-refractivity contribution is -0.117. The molecule has 4 rings (SSSR count). The Labute approximate surface area is 191 Å². The van der Waals surface area contributed by atoms with Gasteiger partial charge in [0.2, 0.25) is 9.84 Å². The van der Waals surface area contributed by atoms with Crippen LogP contribution in [0.15, 0.2) is 94.4 Å². The van der Waals surface area contributed by atoms with E-state index in [-0.39, 0.29) is 10.5 Å². The van der Waals surface area contributed by atoms with Gasteiger partial charge in [0, 0.05) is 5.69 Å². The van der Waals surface area contributed by atoms with Crippen LogP contribution >= 0.6 is 0 Å². The Balaban J connectivity index is 1.91. The van der Waals surface area contributed by atoms with E-state index in [1.807, 2.05) is 6.92 Å². The molecule has 3 aromatic carbocycles. The number of methoxy groups -OCH3 is 1. The highest BCUT2D eigenvalue weighted by Crippen LogP contribution is 2.44. The van der Waals surface area contributed by atoms with E-state index in [1.54, 1.807) is 54.6 Å². The molecule has 3 aromatic rings. The summed E-state index contributed by atoms with van der Waals surface area (Å²) < 4.78 is 31.8. The summed E-state index contributed by atoms with van der Waals surface area (Å²) in [6, 6.07) is 19.5. The van der Waals surface area contributed by atoms with Crippen molar-refractivity contribution < 1.29 is 27.9 Å². The summed E-state index contributed by atoms with van der Waals surface area (Å²) in [4.78, 5) is 25.8. The fourth-order valence-corrected chi connectivity index (χ4v) is 5.42. The average Bonchev–Trinajstić information content (AvgIpc) is 3.11. The van der Waals surface area contributed by atoms with Gasteiger partial charge in [0.05, 0.1) is 17.6 Å². The van der Waals surface area contributed by atoms with Gasteiger partial charge in [-0.25, -0.2) is 13.2 Å². The van der Waals surface area contributed by atoms with E-state index in [0.29, 0.717) is 11.3 Å². The first-order chi connectivity index (χ1) is 15.8. The van der Waals surface area contributed by atoms with Crippen LogP contribution in [0.5, 0.6) is 0 Å². The second kappa shape index (κ2) is 8.55. The van der Waals surface area contributed by atoms with Crippen LogP contribution < -0.4 is 4.90 Å². The molecule has 0 bridgehead atoms. The Morgan fingerprint density at radius 3 is 2.12 bits per heavy atom. The van der Waals surface area contributed by atoms with Crippen molar-refractivity contribution in [1.82, 2.24) is 0 Å². The highest BCUT2D eigenvalue weighted by Gasteiger charge is 2.47. The number of esters is 1. The van der Waals surface area contributed by atoms with Crippen LogP contribution in [-0.4, -0.2) is 32.5 Å². The van der Waals surface area contributed by atoms with Gasteiger partial charge in [-0.3, -0.25) is 9.69 Å². The molecular formula is C25H21NO6S. The third-order valence-electron chi connectivity index (χ3n) is 5.46. The third kappa shape index (κ3) is 3.89. The smallest absolute Gasteiger partial charge is 0.337 e. The zero-order valence-electron chi connectivity index (χ0n) is 17.9. The lowest BCUT2D eigenvalue weighted by Crippen LogP contribution is -2.31. The monoisotopic (exact) mass is 463 g/mol. The zero-order chi connectivity index (χ0) is 23.8. The maximum absolute atomic E-state index is 13.6. The standard InChI is InChI=1S/C25H21NO6S/c1-16-8-14-19(15-9-16)26-21(17-10-12-18(13-11-17)25(29)32-2)23(22(27)24(26)28)33(30,31)20-6-4-3-5-7-20/h3-15,21,27H,1-2H3. The number of amides is 1. The topological polar surface area (TPSA) is 101 Å². The molecule has 0 radical (unpaired) electrons. The van der Waals surface area contributed by atoms with Crippen molar-refractivity contribution in [2.75, 3.05) is 12.0 Å². The number of aliphatic hydroxyl groups is 1. The first-order valence-electron chi connectivity index (χ1n) is 10.1. The minimum Gasteiger partial charge on any atom is -0.502 e. The summed E-state index contributed by atoms with van der Waals surface area (Å²) >= 11 is 0. The van der Waals surface area contributed by atoms with Crippen molar-refractivity contribution in [3.05, 3.63) is 106 Å². The Kier molecular flexibility index (Phi) is 5.78. The van der Waals surface area contributed by atoms with Gasteiger partial charge < -0.3 is 9.84 Å². The van der Waals surface area contributed by atoms with Gasteiger partial charge in [-0.05, 0) is 48.9 Å². The molecule has 0 fully saturated rings. The molecule has 8 heteroatoms. The third-order valence-corrected chi connectivity index (χ3v) is 7.35. The normalized spacial score (nSPS) is 16.2. The molecule has 1 amide bonds. The van der Waals surface area contributed by atoms with Gasteiger partial charge in [-0.15, -0.1) is 0 Å². The van der Waals surface area contributed by atoms with Crippen LogP contribution in [0.25, 0.3) is 0 Å². The van der Waals surface area contributed by atoms with Crippen LogP contribution in [0.4, 0.5) is 5.69 Å². The second-order valence-electron chi connectivity index (χ2n) is 7.56. The first-order valence-corrected chi connectivity index (χ1v) is 11.6. The molecule has 0 spiro atoms. The highest BCUT2D eigenvalue weighted by atomic mass is 32.2. The van der Waals surface area contributed by atoms with E-state index in [4.69, 9.17) is 4.74 Å². The van der Waals surface area contributed by atoms with E-state index in [0.717, 1.165) is 5.56 Å². The maximum atomic E-state index is 13.6. The predicted molar refractivity (Wildman–Crippen MR) is 122 cm³/mol. The summed E-state index contributed by atoms with van der Waals surface area (Å²) in [5.74, 6) is -2.20. The molecule has 0 aromatic heterocycles. The number of carbonyl (C=O) groups is 2. The molecule has 1 aliphatic heterocycles. The minimum atomic E-state index is -4.22. The lowest BCUT2D eigenvalue weighted by atomic mass is 10.0. The number of carbonyl (C=O) groups excluding carboxylic acids is 2. The first kappa shape index (κ1) is 22.3.